The summed E-state index contributed by atoms with van der Waals surface area (Å²) < 4.78 is 4.91. The summed E-state index contributed by atoms with van der Waals surface area (Å²) in [6.45, 7) is 0.493. The fourth-order valence-electron chi connectivity index (χ4n) is 1.57. The summed E-state index contributed by atoms with van der Waals surface area (Å²) in [5.41, 5.74) is 13.9. The van der Waals surface area contributed by atoms with Crippen LogP contribution in [-0.4, -0.2) is 31.2 Å². The van der Waals surface area contributed by atoms with Crippen LogP contribution in [0.1, 0.15) is 11.6 Å². The first-order valence-corrected chi connectivity index (χ1v) is 5.50. The first-order chi connectivity index (χ1) is 9.10. The Balaban J connectivity index is 2.83. The van der Waals surface area contributed by atoms with Gasteiger partial charge in [-0.3, -0.25) is 4.79 Å². The molecule has 1 aromatic rings. The summed E-state index contributed by atoms with van der Waals surface area (Å²) in [7, 11) is 1.43. The molecule has 1 rings (SSSR count). The highest BCUT2D eigenvalue weighted by molar-refractivity contribution is 5.81. The molecule has 0 saturated carbocycles. The highest BCUT2D eigenvalue weighted by Crippen LogP contribution is 2.28. The summed E-state index contributed by atoms with van der Waals surface area (Å²) >= 11 is 0. The van der Waals surface area contributed by atoms with Gasteiger partial charge in [0.25, 0.3) is 0 Å². The van der Waals surface area contributed by atoms with E-state index in [0.29, 0.717) is 17.9 Å². The summed E-state index contributed by atoms with van der Waals surface area (Å²) in [4.78, 5) is 14.0. The van der Waals surface area contributed by atoms with Crippen LogP contribution >= 0.6 is 0 Å². The van der Waals surface area contributed by atoms with E-state index >= 15 is 0 Å². The topological polar surface area (TPSA) is 133 Å². The Morgan fingerprint density at radius 1 is 1.68 bits per heavy atom. The number of hydrogen-bond donors (Lipinski definition) is 3. The number of azide groups is 1. The molecule has 0 aliphatic carbocycles. The molecule has 19 heavy (non-hydrogen) atoms. The number of carbonyl (C=O) groups excluding carboxylic acids is 1. The number of phenols is 1. The van der Waals surface area contributed by atoms with Crippen molar-refractivity contribution in [2.75, 3.05) is 20.2 Å². The van der Waals surface area contributed by atoms with E-state index in [2.05, 4.69) is 15.3 Å². The fourth-order valence-corrected chi connectivity index (χ4v) is 1.57. The van der Waals surface area contributed by atoms with E-state index in [-0.39, 0.29) is 12.3 Å². The maximum atomic E-state index is 11.4. The average molecular weight is 265 g/mol. The van der Waals surface area contributed by atoms with Crippen molar-refractivity contribution in [3.8, 4) is 11.5 Å². The second-order valence-electron chi connectivity index (χ2n) is 3.68. The number of nitrogens with two attached hydrogens (primary N) is 1. The monoisotopic (exact) mass is 265 g/mol. The average Bonchev–Trinajstić information content (AvgIpc) is 2.38. The number of phenolic OH excluding ortho intramolecular Hbond substituents is 1. The lowest BCUT2D eigenvalue weighted by Gasteiger charge is -2.16. The smallest absolute Gasteiger partial charge is 0.239 e. The van der Waals surface area contributed by atoms with Crippen LogP contribution in [0.2, 0.25) is 0 Å². The molecule has 0 aliphatic heterocycles. The minimum Gasteiger partial charge on any atom is -0.504 e. The van der Waals surface area contributed by atoms with Crippen LogP contribution in [0.25, 0.3) is 10.4 Å². The van der Waals surface area contributed by atoms with Crippen LogP contribution in [0.3, 0.4) is 0 Å². The van der Waals surface area contributed by atoms with Gasteiger partial charge in [0.15, 0.2) is 11.5 Å². The van der Waals surface area contributed by atoms with Gasteiger partial charge in [0.1, 0.15) is 6.04 Å². The SMILES string of the molecule is COc1ccc(C(NCCN=[N+]=[N-])C(N)=O)cc1O. The molecule has 0 radical (unpaired) electrons. The van der Waals surface area contributed by atoms with Gasteiger partial charge in [-0.15, -0.1) is 0 Å². The third kappa shape index (κ3) is 4.06. The Morgan fingerprint density at radius 2 is 2.42 bits per heavy atom. The van der Waals surface area contributed by atoms with Crippen molar-refractivity contribution in [2.45, 2.75) is 6.04 Å². The summed E-state index contributed by atoms with van der Waals surface area (Å²) in [6, 6.07) is 3.78. The zero-order valence-corrected chi connectivity index (χ0v) is 10.4. The number of primary amides is 1. The largest absolute Gasteiger partial charge is 0.504 e. The maximum absolute atomic E-state index is 11.4. The first-order valence-electron chi connectivity index (χ1n) is 5.50. The molecule has 102 valence electrons. The van der Waals surface area contributed by atoms with E-state index in [1.165, 1.54) is 19.2 Å². The van der Waals surface area contributed by atoms with Gasteiger partial charge in [-0.25, -0.2) is 0 Å². The highest BCUT2D eigenvalue weighted by Gasteiger charge is 2.18. The number of benzene rings is 1. The molecule has 0 saturated heterocycles. The number of nitrogens with zero attached hydrogens (tertiary/aromatic N) is 3. The Kier molecular flexibility index (Phi) is 5.46. The predicted molar refractivity (Wildman–Crippen MR) is 68.6 cm³/mol. The third-order valence-corrected chi connectivity index (χ3v) is 2.44. The van der Waals surface area contributed by atoms with Crippen molar-refractivity contribution >= 4 is 5.91 Å². The molecule has 8 heteroatoms. The van der Waals surface area contributed by atoms with Crippen LogP contribution in [0.4, 0.5) is 0 Å². The Bertz CT molecular complexity index is 499. The minimum absolute atomic E-state index is 0.0805. The number of rotatable bonds is 7. The van der Waals surface area contributed by atoms with Crippen molar-refractivity contribution in [3.05, 3.63) is 34.2 Å². The number of amides is 1. The Labute approximate surface area is 109 Å². The molecule has 1 atom stereocenters. The lowest BCUT2D eigenvalue weighted by molar-refractivity contribution is -0.120. The van der Waals surface area contributed by atoms with E-state index in [4.69, 9.17) is 16.0 Å². The number of ether oxygens (including phenoxy) is 1. The van der Waals surface area contributed by atoms with Gasteiger partial charge in [0, 0.05) is 18.0 Å². The van der Waals surface area contributed by atoms with Crippen LogP contribution in [0, 0.1) is 0 Å². The summed E-state index contributed by atoms with van der Waals surface area (Å²) in [5, 5.41) is 15.8. The van der Waals surface area contributed by atoms with Gasteiger partial charge < -0.3 is 20.9 Å². The fraction of sp³-hybridized carbons (Fsp3) is 0.364. The van der Waals surface area contributed by atoms with Crippen molar-refractivity contribution in [1.29, 1.82) is 0 Å². The number of nitrogens with one attached hydrogen (secondary N) is 1. The van der Waals surface area contributed by atoms with E-state index < -0.39 is 11.9 Å². The molecule has 0 heterocycles. The molecule has 0 aromatic heterocycles. The van der Waals surface area contributed by atoms with Gasteiger partial charge in [-0.2, -0.15) is 0 Å². The summed E-state index contributed by atoms with van der Waals surface area (Å²) in [6.07, 6.45) is 0. The number of hydrogen-bond acceptors (Lipinski definition) is 5. The van der Waals surface area contributed by atoms with Gasteiger partial charge in [-0.05, 0) is 23.2 Å². The van der Waals surface area contributed by atoms with Gasteiger partial charge in [-0.1, -0.05) is 11.2 Å². The van der Waals surface area contributed by atoms with Gasteiger partial charge in [0.2, 0.25) is 5.91 Å². The lowest BCUT2D eigenvalue weighted by Crippen LogP contribution is -2.34. The molecule has 1 aromatic carbocycles. The van der Waals surface area contributed by atoms with Crippen molar-refractivity contribution in [3.63, 3.8) is 0 Å². The molecular formula is C11H15N5O3. The first kappa shape index (κ1) is 14.6. The molecule has 1 unspecified atom stereocenters. The standard InChI is InChI=1S/C11H15N5O3/c1-19-9-3-2-7(6-8(9)17)10(11(12)18)14-4-5-15-16-13/h2-3,6,10,14,17H,4-5H2,1H3,(H2,12,18). The van der Waals surface area contributed by atoms with E-state index in [9.17, 15) is 9.90 Å². The molecule has 0 aliphatic rings. The van der Waals surface area contributed by atoms with Crippen molar-refractivity contribution in [1.82, 2.24) is 5.32 Å². The molecule has 1 amide bonds. The Hall–Kier alpha value is -2.44. The Morgan fingerprint density at radius 3 is 2.95 bits per heavy atom. The van der Waals surface area contributed by atoms with Crippen LogP contribution in [-0.2, 0) is 4.79 Å². The molecule has 0 spiro atoms. The maximum Gasteiger partial charge on any atom is 0.239 e. The molecular weight excluding hydrogens is 250 g/mol. The minimum atomic E-state index is -0.773. The molecule has 4 N–H and O–H groups in total. The van der Waals surface area contributed by atoms with Crippen LogP contribution < -0.4 is 15.8 Å². The predicted octanol–water partition coefficient (Wildman–Crippen LogP) is 0.827. The molecule has 0 fully saturated rings. The van der Waals surface area contributed by atoms with Gasteiger partial charge in [0.05, 0.1) is 7.11 Å². The number of methoxy groups -OCH3 is 1. The van der Waals surface area contributed by atoms with Crippen molar-refractivity contribution in [2.24, 2.45) is 10.8 Å². The third-order valence-electron chi connectivity index (χ3n) is 2.44. The number of aromatic hydroxyl groups is 1. The second kappa shape index (κ2) is 7.10. The molecule has 0 bridgehead atoms. The quantitative estimate of drug-likeness (QED) is 0.291. The number of carbonyl (C=O) groups is 1. The zero-order valence-electron chi connectivity index (χ0n) is 10.4. The second-order valence-corrected chi connectivity index (χ2v) is 3.68. The van der Waals surface area contributed by atoms with Crippen LogP contribution in [0.15, 0.2) is 23.3 Å². The van der Waals surface area contributed by atoms with E-state index in [1.54, 1.807) is 6.07 Å². The van der Waals surface area contributed by atoms with Gasteiger partial charge >= 0.3 is 0 Å². The normalized spacial score (nSPS) is 11.4. The lowest BCUT2D eigenvalue weighted by atomic mass is 10.1. The molecule has 8 nitrogen and oxygen atoms in total. The zero-order chi connectivity index (χ0) is 14.3. The summed E-state index contributed by atoms with van der Waals surface area (Å²) in [5.74, 6) is -0.366. The van der Waals surface area contributed by atoms with Crippen LogP contribution in [0.5, 0.6) is 11.5 Å². The highest BCUT2D eigenvalue weighted by atomic mass is 16.5. The van der Waals surface area contributed by atoms with E-state index in [1.807, 2.05) is 0 Å². The van der Waals surface area contributed by atoms with Crippen molar-refractivity contribution < 1.29 is 14.6 Å². The van der Waals surface area contributed by atoms with E-state index in [0.717, 1.165) is 0 Å².